The molecule has 0 fully saturated rings. The number of amides is 1. The van der Waals surface area contributed by atoms with Crippen LogP contribution in [0.3, 0.4) is 0 Å². The number of anilines is 1. The molecule has 2 N–H and O–H groups in total. The first-order valence-electron chi connectivity index (χ1n) is 3.12. The van der Waals surface area contributed by atoms with Gasteiger partial charge in [-0.3, -0.25) is 10.1 Å². The Hall–Kier alpha value is -1.65. The van der Waals surface area contributed by atoms with Crippen LogP contribution in [-0.2, 0) is 4.79 Å². The summed E-state index contributed by atoms with van der Waals surface area (Å²) in [5.41, 5.74) is 0. The van der Waals surface area contributed by atoms with Crippen molar-refractivity contribution in [1.29, 1.82) is 0 Å². The van der Waals surface area contributed by atoms with E-state index in [1.165, 1.54) is 12.4 Å². The maximum Gasteiger partial charge on any atom is 0.250 e. The molecule has 5 heteroatoms. The monoisotopic (exact) mass is 152 g/mol. The lowest BCUT2D eigenvalue weighted by Gasteiger charge is -1.92. The molecule has 1 amide bonds. The SMILES string of the molecule is C/C=C/C(=O)Nc1ncn[nH]1. The summed E-state index contributed by atoms with van der Waals surface area (Å²) < 4.78 is 0. The average Bonchev–Trinajstić information content (AvgIpc) is 2.40. The zero-order valence-electron chi connectivity index (χ0n) is 6.03. The summed E-state index contributed by atoms with van der Waals surface area (Å²) in [7, 11) is 0. The third-order valence-electron chi connectivity index (χ3n) is 0.975. The highest BCUT2D eigenvalue weighted by Crippen LogP contribution is 1.91. The summed E-state index contributed by atoms with van der Waals surface area (Å²) in [6.45, 7) is 1.76. The molecule has 0 aromatic carbocycles. The second-order valence-corrected chi connectivity index (χ2v) is 1.82. The summed E-state index contributed by atoms with van der Waals surface area (Å²) in [5, 5.41) is 8.53. The molecule has 0 unspecified atom stereocenters. The van der Waals surface area contributed by atoms with Gasteiger partial charge in [0.2, 0.25) is 11.9 Å². The van der Waals surface area contributed by atoms with Crippen molar-refractivity contribution in [2.24, 2.45) is 0 Å². The van der Waals surface area contributed by atoms with Gasteiger partial charge < -0.3 is 0 Å². The average molecular weight is 152 g/mol. The molecule has 0 aliphatic carbocycles. The molecule has 0 saturated carbocycles. The van der Waals surface area contributed by atoms with E-state index in [4.69, 9.17) is 0 Å². The highest BCUT2D eigenvalue weighted by Gasteiger charge is 1.97. The third-order valence-corrected chi connectivity index (χ3v) is 0.975. The van der Waals surface area contributed by atoms with E-state index in [-0.39, 0.29) is 5.91 Å². The predicted octanol–water partition coefficient (Wildman–Crippen LogP) is 0.319. The molecular formula is C6H8N4O. The lowest BCUT2D eigenvalue weighted by atomic mass is 10.5. The molecule has 5 nitrogen and oxygen atoms in total. The zero-order valence-corrected chi connectivity index (χ0v) is 6.03. The van der Waals surface area contributed by atoms with Gasteiger partial charge in [-0.2, -0.15) is 10.1 Å². The molecule has 0 aliphatic heterocycles. The van der Waals surface area contributed by atoms with Gasteiger partial charge in [0.05, 0.1) is 0 Å². The van der Waals surface area contributed by atoms with E-state index in [2.05, 4.69) is 20.5 Å². The van der Waals surface area contributed by atoms with E-state index >= 15 is 0 Å². The molecule has 58 valence electrons. The molecule has 1 aromatic heterocycles. The van der Waals surface area contributed by atoms with Gasteiger partial charge in [-0.05, 0) is 13.0 Å². The fourth-order valence-electron chi connectivity index (χ4n) is 0.575. The Balaban J connectivity index is 2.50. The van der Waals surface area contributed by atoms with Gasteiger partial charge in [0.1, 0.15) is 6.33 Å². The maximum atomic E-state index is 10.8. The van der Waals surface area contributed by atoms with Crippen LogP contribution in [0.2, 0.25) is 0 Å². The van der Waals surface area contributed by atoms with Gasteiger partial charge in [0.15, 0.2) is 0 Å². The van der Waals surface area contributed by atoms with E-state index in [0.29, 0.717) is 5.95 Å². The Bertz CT molecular complexity index is 252. The number of rotatable bonds is 2. The van der Waals surface area contributed by atoms with Gasteiger partial charge in [-0.25, -0.2) is 5.10 Å². The van der Waals surface area contributed by atoms with Crippen LogP contribution in [0.5, 0.6) is 0 Å². The maximum absolute atomic E-state index is 10.8. The second-order valence-electron chi connectivity index (χ2n) is 1.82. The lowest BCUT2D eigenvalue weighted by molar-refractivity contribution is -0.111. The van der Waals surface area contributed by atoms with E-state index in [0.717, 1.165) is 0 Å². The summed E-state index contributed by atoms with van der Waals surface area (Å²) in [5.74, 6) is 0.136. The van der Waals surface area contributed by atoms with Crippen molar-refractivity contribution in [1.82, 2.24) is 15.2 Å². The number of carbonyl (C=O) groups is 1. The van der Waals surface area contributed by atoms with E-state index in [1.807, 2.05) is 0 Å². The number of nitrogens with one attached hydrogen (secondary N) is 2. The Kier molecular flexibility index (Phi) is 2.37. The molecular weight excluding hydrogens is 144 g/mol. The fourth-order valence-corrected chi connectivity index (χ4v) is 0.575. The Morgan fingerprint density at radius 1 is 1.82 bits per heavy atom. The molecule has 1 heterocycles. The van der Waals surface area contributed by atoms with Gasteiger partial charge in [0, 0.05) is 0 Å². The summed E-state index contributed by atoms with van der Waals surface area (Å²) in [4.78, 5) is 14.5. The Labute approximate surface area is 63.5 Å². The largest absolute Gasteiger partial charge is 0.291 e. The summed E-state index contributed by atoms with van der Waals surface area (Å²) in [6, 6.07) is 0. The molecule has 0 spiro atoms. The molecule has 0 atom stereocenters. The number of carbonyl (C=O) groups excluding carboxylic acids is 1. The van der Waals surface area contributed by atoms with Crippen LogP contribution >= 0.6 is 0 Å². The predicted molar refractivity (Wildman–Crippen MR) is 39.8 cm³/mol. The normalized spacial score (nSPS) is 10.3. The summed E-state index contributed by atoms with van der Waals surface area (Å²) in [6.07, 6.45) is 4.37. The van der Waals surface area contributed by atoms with Crippen LogP contribution in [0.15, 0.2) is 18.5 Å². The Morgan fingerprint density at radius 2 is 2.64 bits per heavy atom. The molecule has 11 heavy (non-hydrogen) atoms. The molecule has 0 aliphatic rings. The highest BCUT2D eigenvalue weighted by molar-refractivity contribution is 5.97. The number of hydrogen-bond donors (Lipinski definition) is 2. The van der Waals surface area contributed by atoms with Crippen molar-refractivity contribution < 1.29 is 4.79 Å². The number of allylic oxidation sites excluding steroid dienone is 1. The first-order chi connectivity index (χ1) is 5.33. The van der Waals surface area contributed by atoms with Crippen molar-refractivity contribution >= 4 is 11.9 Å². The van der Waals surface area contributed by atoms with Crippen molar-refractivity contribution in [2.75, 3.05) is 5.32 Å². The first-order valence-corrected chi connectivity index (χ1v) is 3.12. The third kappa shape index (κ3) is 2.21. The number of aromatic nitrogens is 3. The highest BCUT2D eigenvalue weighted by atomic mass is 16.1. The molecule has 0 radical (unpaired) electrons. The minimum absolute atomic E-state index is 0.218. The van der Waals surface area contributed by atoms with Crippen molar-refractivity contribution in [3.8, 4) is 0 Å². The number of aromatic amines is 1. The molecule has 1 rings (SSSR count). The summed E-state index contributed by atoms with van der Waals surface area (Å²) >= 11 is 0. The molecule has 0 saturated heterocycles. The number of H-pyrrole nitrogens is 1. The van der Waals surface area contributed by atoms with Gasteiger partial charge in [-0.1, -0.05) is 6.08 Å². The smallest absolute Gasteiger partial charge is 0.250 e. The molecule has 0 bridgehead atoms. The van der Waals surface area contributed by atoms with E-state index in [9.17, 15) is 4.79 Å². The zero-order chi connectivity index (χ0) is 8.10. The molecule has 1 aromatic rings. The fraction of sp³-hybridized carbons (Fsp3) is 0.167. The Morgan fingerprint density at radius 3 is 3.18 bits per heavy atom. The topological polar surface area (TPSA) is 70.7 Å². The minimum atomic E-state index is -0.218. The standard InChI is InChI=1S/C6H8N4O/c1-2-3-5(11)9-6-7-4-8-10-6/h2-4H,1H3,(H2,7,8,9,10,11)/b3-2+. The quantitative estimate of drug-likeness (QED) is 0.599. The van der Waals surface area contributed by atoms with Crippen LogP contribution in [0.1, 0.15) is 6.92 Å². The van der Waals surface area contributed by atoms with Gasteiger partial charge in [0.25, 0.3) is 0 Å². The van der Waals surface area contributed by atoms with Crippen LogP contribution < -0.4 is 5.32 Å². The van der Waals surface area contributed by atoms with Crippen molar-refractivity contribution in [3.63, 3.8) is 0 Å². The van der Waals surface area contributed by atoms with Gasteiger partial charge in [-0.15, -0.1) is 0 Å². The van der Waals surface area contributed by atoms with Crippen LogP contribution in [0.4, 0.5) is 5.95 Å². The van der Waals surface area contributed by atoms with Crippen molar-refractivity contribution in [2.45, 2.75) is 6.92 Å². The van der Waals surface area contributed by atoms with E-state index in [1.54, 1.807) is 13.0 Å². The number of hydrogen-bond acceptors (Lipinski definition) is 3. The van der Waals surface area contributed by atoms with E-state index < -0.39 is 0 Å². The number of nitrogens with zero attached hydrogens (tertiary/aromatic N) is 2. The second kappa shape index (κ2) is 3.50. The van der Waals surface area contributed by atoms with Crippen LogP contribution in [0.25, 0.3) is 0 Å². The van der Waals surface area contributed by atoms with Crippen LogP contribution in [-0.4, -0.2) is 21.1 Å². The van der Waals surface area contributed by atoms with Gasteiger partial charge >= 0.3 is 0 Å². The minimum Gasteiger partial charge on any atom is -0.291 e. The van der Waals surface area contributed by atoms with Crippen LogP contribution in [0, 0.1) is 0 Å². The van der Waals surface area contributed by atoms with Crippen molar-refractivity contribution in [3.05, 3.63) is 18.5 Å². The first kappa shape index (κ1) is 7.46. The lowest BCUT2D eigenvalue weighted by Crippen LogP contribution is -2.08.